The van der Waals surface area contributed by atoms with Gasteiger partial charge in [0.05, 0.1) is 6.26 Å². The van der Waals surface area contributed by atoms with Gasteiger partial charge in [0.15, 0.2) is 0 Å². The molecule has 0 saturated heterocycles. The van der Waals surface area contributed by atoms with E-state index in [-0.39, 0.29) is 12.0 Å². The lowest BCUT2D eigenvalue weighted by molar-refractivity contribution is -0.137. The van der Waals surface area contributed by atoms with Crippen LogP contribution in [-0.4, -0.2) is 12.0 Å². The molecule has 0 aromatic heterocycles. The molecule has 3 heteroatoms. The van der Waals surface area contributed by atoms with Crippen LogP contribution < -0.4 is 5.73 Å². The topological polar surface area (TPSA) is 52.3 Å². The third-order valence-electron chi connectivity index (χ3n) is 1.37. The molecule has 1 atom stereocenters. The van der Waals surface area contributed by atoms with Gasteiger partial charge < -0.3 is 10.5 Å². The van der Waals surface area contributed by atoms with E-state index in [9.17, 15) is 4.79 Å². The Hall–Kier alpha value is -0.830. The zero-order chi connectivity index (χ0) is 9.40. The van der Waals surface area contributed by atoms with Crippen molar-refractivity contribution < 1.29 is 9.53 Å². The Morgan fingerprint density at radius 1 is 1.67 bits per heavy atom. The van der Waals surface area contributed by atoms with E-state index in [0.29, 0.717) is 6.42 Å². The van der Waals surface area contributed by atoms with Crippen LogP contribution in [0.2, 0.25) is 0 Å². The summed E-state index contributed by atoms with van der Waals surface area (Å²) in [6.45, 7) is 3.71. The lowest BCUT2D eigenvalue weighted by Crippen LogP contribution is -2.13. The molecule has 0 aliphatic heterocycles. The van der Waals surface area contributed by atoms with Gasteiger partial charge in [-0.1, -0.05) is 6.92 Å². The summed E-state index contributed by atoms with van der Waals surface area (Å²) in [7, 11) is 0. The first-order chi connectivity index (χ1) is 5.66. The summed E-state index contributed by atoms with van der Waals surface area (Å²) in [6, 6.07) is 0.205. The van der Waals surface area contributed by atoms with Crippen molar-refractivity contribution in [3.63, 3.8) is 0 Å². The fourth-order valence-electron chi connectivity index (χ4n) is 0.634. The zero-order valence-electron chi connectivity index (χ0n) is 7.75. The molecular formula is C9H17NO2. The van der Waals surface area contributed by atoms with Crippen molar-refractivity contribution in [3.05, 3.63) is 12.3 Å². The molecule has 0 rings (SSSR count). The Morgan fingerprint density at radius 2 is 2.33 bits per heavy atom. The SMILES string of the molecule is CCC(=O)OC=CCC[C@H](C)N. The maximum atomic E-state index is 10.6. The van der Waals surface area contributed by atoms with Crippen molar-refractivity contribution in [3.8, 4) is 0 Å². The van der Waals surface area contributed by atoms with E-state index in [1.54, 1.807) is 6.92 Å². The molecule has 0 amide bonds. The van der Waals surface area contributed by atoms with Crippen molar-refractivity contribution in [1.29, 1.82) is 0 Å². The molecule has 2 N–H and O–H groups in total. The molecule has 70 valence electrons. The van der Waals surface area contributed by atoms with E-state index < -0.39 is 0 Å². The number of carbonyl (C=O) groups is 1. The molecular weight excluding hydrogens is 154 g/mol. The molecule has 12 heavy (non-hydrogen) atoms. The van der Waals surface area contributed by atoms with Crippen LogP contribution in [0.3, 0.4) is 0 Å². The number of nitrogens with two attached hydrogens (primary N) is 1. The second-order valence-electron chi connectivity index (χ2n) is 2.77. The molecule has 0 spiro atoms. The molecule has 0 aromatic carbocycles. The fourth-order valence-corrected chi connectivity index (χ4v) is 0.634. The molecule has 0 fully saturated rings. The zero-order valence-corrected chi connectivity index (χ0v) is 7.75. The smallest absolute Gasteiger partial charge is 0.310 e. The van der Waals surface area contributed by atoms with E-state index in [1.165, 1.54) is 6.26 Å². The van der Waals surface area contributed by atoms with Gasteiger partial charge in [-0.05, 0) is 25.8 Å². The van der Waals surface area contributed by atoms with E-state index in [2.05, 4.69) is 0 Å². The lowest BCUT2D eigenvalue weighted by Gasteiger charge is -1.99. The van der Waals surface area contributed by atoms with Gasteiger partial charge in [0, 0.05) is 12.5 Å². The van der Waals surface area contributed by atoms with Gasteiger partial charge in [0.2, 0.25) is 0 Å². The molecule has 0 aromatic rings. The van der Waals surface area contributed by atoms with Crippen LogP contribution in [0, 0.1) is 0 Å². The summed E-state index contributed by atoms with van der Waals surface area (Å²) in [5.41, 5.74) is 5.52. The van der Waals surface area contributed by atoms with Crippen LogP contribution in [0.4, 0.5) is 0 Å². The molecule has 0 aliphatic carbocycles. The average molecular weight is 171 g/mol. The number of esters is 1. The van der Waals surface area contributed by atoms with Crippen molar-refractivity contribution in [1.82, 2.24) is 0 Å². The predicted molar refractivity (Wildman–Crippen MR) is 48.4 cm³/mol. The minimum absolute atomic E-state index is 0.202. The molecule has 0 bridgehead atoms. The second-order valence-corrected chi connectivity index (χ2v) is 2.77. The highest BCUT2D eigenvalue weighted by Gasteiger charge is 1.93. The number of hydrogen-bond acceptors (Lipinski definition) is 3. The number of hydrogen-bond donors (Lipinski definition) is 1. The summed E-state index contributed by atoms with van der Waals surface area (Å²) in [4.78, 5) is 10.6. The lowest BCUT2D eigenvalue weighted by atomic mass is 10.2. The van der Waals surface area contributed by atoms with Gasteiger partial charge in [-0.15, -0.1) is 0 Å². The Balaban J connectivity index is 3.31. The van der Waals surface area contributed by atoms with E-state index in [1.807, 2.05) is 13.0 Å². The van der Waals surface area contributed by atoms with Crippen LogP contribution in [0.15, 0.2) is 12.3 Å². The molecule has 0 unspecified atom stereocenters. The average Bonchev–Trinajstić information content (AvgIpc) is 2.03. The number of rotatable bonds is 5. The molecule has 3 nitrogen and oxygen atoms in total. The molecule has 0 aliphatic rings. The summed E-state index contributed by atoms with van der Waals surface area (Å²) in [6.07, 6.45) is 5.44. The fraction of sp³-hybridized carbons (Fsp3) is 0.667. The first kappa shape index (κ1) is 11.2. The quantitative estimate of drug-likeness (QED) is 0.504. The van der Waals surface area contributed by atoms with Gasteiger partial charge in [-0.3, -0.25) is 4.79 Å². The maximum Gasteiger partial charge on any atom is 0.310 e. The normalized spacial score (nSPS) is 13.2. The Bertz CT molecular complexity index is 153. The maximum absolute atomic E-state index is 10.6. The van der Waals surface area contributed by atoms with Gasteiger partial charge in [0.25, 0.3) is 0 Å². The Kier molecular flexibility index (Phi) is 6.38. The monoisotopic (exact) mass is 171 g/mol. The Morgan fingerprint density at radius 3 is 2.83 bits per heavy atom. The van der Waals surface area contributed by atoms with Crippen molar-refractivity contribution in [2.24, 2.45) is 5.73 Å². The van der Waals surface area contributed by atoms with Gasteiger partial charge in [-0.2, -0.15) is 0 Å². The highest BCUT2D eigenvalue weighted by Crippen LogP contribution is 1.95. The minimum Gasteiger partial charge on any atom is -0.435 e. The summed E-state index contributed by atoms with van der Waals surface area (Å²) in [5.74, 6) is -0.202. The second kappa shape index (κ2) is 6.85. The van der Waals surface area contributed by atoms with Crippen LogP contribution in [0.5, 0.6) is 0 Å². The van der Waals surface area contributed by atoms with Crippen LogP contribution in [0.25, 0.3) is 0 Å². The van der Waals surface area contributed by atoms with Crippen LogP contribution >= 0.6 is 0 Å². The molecule has 0 saturated carbocycles. The first-order valence-corrected chi connectivity index (χ1v) is 4.27. The van der Waals surface area contributed by atoms with E-state index >= 15 is 0 Å². The highest BCUT2D eigenvalue weighted by molar-refractivity contribution is 5.69. The standard InChI is InChI=1S/C9H17NO2/c1-3-9(11)12-7-5-4-6-8(2)10/h5,7-8H,3-4,6,10H2,1-2H3/t8-/m0/s1. The first-order valence-electron chi connectivity index (χ1n) is 4.27. The molecule has 0 heterocycles. The van der Waals surface area contributed by atoms with Crippen LogP contribution in [-0.2, 0) is 9.53 Å². The van der Waals surface area contributed by atoms with Crippen molar-refractivity contribution >= 4 is 5.97 Å². The van der Waals surface area contributed by atoms with E-state index in [0.717, 1.165) is 12.8 Å². The van der Waals surface area contributed by atoms with E-state index in [4.69, 9.17) is 10.5 Å². The minimum atomic E-state index is -0.202. The number of carbonyl (C=O) groups excluding carboxylic acids is 1. The highest BCUT2D eigenvalue weighted by atomic mass is 16.5. The van der Waals surface area contributed by atoms with Gasteiger partial charge in [0.1, 0.15) is 0 Å². The van der Waals surface area contributed by atoms with Gasteiger partial charge in [-0.25, -0.2) is 0 Å². The van der Waals surface area contributed by atoms with Crippen molar-refractivity contribution in [2.45, 2.75) is 39.2 Å². The predicted octanol–water partition coefficient (Wildman–Crippen LogP) is 1.58. The number of allylic oxidation sites excluding steroid dienone is 1. The van der Waals surface area contributed by atoms with Crippen molar-refractivity contribution in [2.75, 3.05) is 0 Å². The summed E-state index contributed by atoms with van der Waals surface area (Å²) < 4.78 is 4.71. The molecule has 0 radical (unpaired) electrons. The third kappa shape index (κ3) is 7.28. The largest absolute Gasteiger partial charge is 0.435 e. The summed E-state index contributed by atoms with van der Waals surface area (Å²) >= 11 is 0. The number of ether oxygens (including phenoxy) is 1. The Labute approximate surface area is 73.6 Å². The van der Waals surface area contributed by atoms with Gasteiger partial charge >= 0.3 is 5.97 Å². The van der Waals surface area contributed by atoms with Crippen LogP contribution in [0.1, 0.15) is 33.1 Å². The summed E-state index contributed by atoms with van der Waals surface area (Å²) in [5, 5.41) is 0. The third-order valence-corrected chi connectivity index (χ3v) is 1.37.